The molecule has 2 aliphatic carbocycles. The maximum Gasteiger partial charge on any atom is 0.414 e. The van der Waals surface area contributed by atoms with Gasteiger partial charge in [-0.15, -0.1) is 0 Å². The third-order valence-corrected chi connectivity index (χ3v) is 8.00. The van der Waals surface area contributed by atoms with Crippen molar-refractivity contribution in [3.8, 4) is 0 Å². The molecule has 1 aliphatic heterocycles. The van der Waals surface area contributed by atoms with E-state index in [4.69, 9.17) is 4.74 Å². The van der Waals surface area contributed by atoms with Gasteiger partial charge >= 0.3 is 12.1 Å². The van der Waals surface area contributed by atoms with Crippen LogP contribution in [0.2, 0.25) is 0 Å². The van der Waals surface area contributed by atoms with Crippen molar-refractivity contribution in [2.45, 2.75) is 69.6 Å². The van der Waals surface area contributed by atoms with Crippen LogP contribution in [-0.2, 0) is 9.53 Å². The maximum atomic E-state index is 15.1. The molecule has 0 unspecified atom stereocenters. The smallest absolute Gasteiger partial charge is 0.414 e. The second kappa shape index (κ2) is 10.2. The minimum absolute atomic E-state index is 0.00571. The standard InChI is InChI=1S/C29H28F2N4O6/c1-14(36)2-6-19-12-35(29(40)41-19)18-5-7-24(22(30)10-18)32-16-8-15(9-16)25-23(31)11-20-26(37)21(28(38)39)13-34(17-3-4-17)27(20)33-25/h5,7,10-11,13,15-17,19,32H,2-4,6,8-9,12H2,1H3,(H,38,39)/t15?,16?,19-/m1/s1. The number of hydrogen-bond donors (Lipinski definition) is 2. The average molecular weight is 567 g/mol. The van der Waals surface area contributed by atoms with Crippen molar-refractivity contribution in [1.82, 2.24) is 9.55 Å². The molecular formula is C29H28F2N4O6. The summed E-state index contributed by atoms with van der Waals surface area (Å²) in [4.78, 5) is 53.6. The third kappa shape index (κ3) is 5.14. The number of hydrogen-bond acceptors (Lipinski definition) is 7. The fourth-order valence-electron chi connectivity index (χ4n) is 5.55. The molecular weight excluding hydrogens is 538 g/mol. The fourth-order valence-corrected chi connectivity index (χ4v) is 5.55. The van der Waals surface area contributed by atoms with Gasteiger partial charge in [0.2, 0.25) is 5.43 Å². The highest BCUT2D eigenvalue weighted by atomic mass is 19.1. The molecule has 12 heteroatoms. The van der Waals surface area contributed by atoms with Crippen molar-refractivity contribution in [2.24, 2.45) is 0 Å². The van der Waals surface area contributed by atoms with Gasteiger partial charge in [0.25, 0.3) is 0 Å². The van der Waals surface area contributed by atoms with Crippen LogP contribution >= 0.6 is 0 Å². The summed E-state index contributed by atoms with van der Waals surface area (Å²) in [6.07, 6.45) is 3.60. The minimum atomic E-state index is -1.36. The van der Waals surface area contributed by atoms with Crippen LogP contribution < -0.4 is 15.6 Å². The van der Waals surface area contributed by atoms with Gasteiger partial charge in [-0.05, 0) is 63.3 Å². The number of carboxylic acids is 1. The van der Waals surface area contributed by atoms with Crippen LogP contribution in [0.4, 0.5) is 25.0 Å². The van der Waals surface area contributed by atoms with Crippen molar-refractivity contribution in [2.75, 3.05) is 16.8 Å². The normalized spacial score (nSPS) is 22.0. The Balaban J connectivity index is 1.14. The molecule has 3 heterocycles. The lowest BCUT2D eigenvalue weighted by molar-refractivity contribution is -0.117. The van der Waals surface area contributed by atoms with Gasteiger partial charge < -0.3 is 24.5 Å². The zero-order chi connectivity index (χ0) is 29.0. The van der Waals surface area contributed by atoms with Gasteiger partial charge in [0.05, 0.1) is 29.0 Å². The number of pyridine rings is 2. The summed E-state index contributed by atoms with van der Waals surface area (Å²) in [5, 5.41) is 12.5. The predicted octanol–water partition coefficient (Wildman–Crippen LogP) is 4.76. The Morgan fingerprint density at radius 3 is 2.56 bits per heavy atom. The van der Waals surface area contributed by atoms with Gasteiger partial charge in [-0.3, -0.25) is 9.69 Å². The number of nitrogens with one attached hydrogen (secondary N) is 1. The Kier molecular flexibility index (Phi) is 6.71. The lowest BCUT2D eigenvalue weighted by Crippen LogP contribution is -2.35. The van der Waals surface area contributed by atoms with Crippen molar-refractivity contribution in [3.05, 3.63) is 63.6 Å². The van der Waals surface area contributed by atoms with E-state index in [9.17, 15) is 28.7 Å². The topological polar surface area (TPSA) is 131 Å². The molecule has 2 saturated carbocycles. The molecule has 6 rings (SSSR count). The van der Waals surface area contributed by atoms with Crippen molar-refractivity contribution >= 4 is 40.3 Å². The summed E-state index contributed by atoms with van der Waals surface area (Å²) in [5.41, 5.74) is -0.0911. The zero-order valence-electron chi connectivity index (χ0n) is 22.2. The number of rotatable bonds is 9. The number of fused-ring (bicyclic) bond motifs is 1. The summed E-state index contributed by atoms with van der Waals surface area (Å²) < 4.78 is 37.0. The van der Waals surface area contributed by atoms with E-state index in [1.54, 1.807) is 10.6 Å². The average Bonchev–Trinajstić information content (AvgIpc) is 3.67. The summed E-state index contributed by atoms with van der Waals surface area (Å²) in [5.74, 6) is -2.84. The number of carbonyl (C=O) groups excluding carboxylic acids is 2. The second-order valence-electron chi connectivity index (χ2n) is 11.1. The number of ketones is 1. The first kappa shape index (κ1) is 26.9. The molecule has 0 spiro atoms. The van der Waals surface area contributed by atoms with E-state index < -0.39 is 40.8 Å². The number of aromatic carboxylic acids is 1. The SMILES string of the molecule is CC(=O)CC[C@@H]1CN(c2ccc(NC3CC(c4nc5c(cc4F)c(=O)c(C(=O)O)cn5C4CC4)C3)c(F)c2)C(=O)O1. The molecule has 214 valence electrons. The van der Waals surface area contributed by atoms with Gasteiger partial charge in [0.15, 0.2) is 0 Å². The highest BCUT2D eigenvalue weighted by molar-refractivity contribution is 5.92. The number of aromatic nitrogens is 2. The highest BCUT2D eigenvalue weighted by Crippen LogP contribution is 2.41. The van der Waals surface area contributed by atoms with Gasteiger partial charge in [-0.25, -0.2) is 23.4 Å². The molecule has 41 heavy (non-hydrogen) atoms. The molecule has 3 aliphatic rings. The fraction of sp³-hybridized carbons (Fsp3) is 0.414. The second-order valence-corrected chi connectivity index (χ2v) is 11.1. The number of Topliss-reactive ketones (excluding diaryl/α,β-unsaturated/α-hetero) is 1. The first-order chi connectivity index (χ1) is 19.6. The van der Waals surface area contributed by atoms with Crippen LogP contribution in [0.3, 0.4) is 0 Å². The molecule has 3 aromatic rings. The Morgan fingerprint density at radius 2 is 1.90 bits per heavy atom. The number of ether oxygens (including phenoxy) is 1. The van der Waals surface area contributed by atoms with Crippen molar-refractivity contribution in [1.29, 1.82) is 0 Å². The van der Waals surface area contributed by atoms with Crippen LogP contribution in [0, 0.1) is 11.6 Å². The Labute approximate surface area is 232 Å². The number of halogens is 2. The molecule has 1 amide bonds. The monoisotopic (exact) mass is 566 g/mol. The van der Waals surface area contributed by atoms with E-state index in [0.717, 1.165) is 18.9 Å². The van der Waals surface area contributed by atoms with Crippen LogP contribution in [-0.4, -0.2) is 51.2 Å². The Bertz CT molecular complexity index is 1650. The van der Waals surface area contributed by atoms with Gasteiger partial charge in [-0.1, -0.05) is 0 Å². The van der Waals surface area contributed by atoms with E-state index >= 15 is 4.39 Å². The first-order valence-corrected chi connectivity index (χ1v) is 13.6. The summed E-state index contributed by atoms with van der Waals surface area (Å²) >= 11 is 0. The van der Waals surface area contributed by atoms with Gasteiger partial charge in [0, 0.05) is 30.6 Å². The number of carbonyl (C=O) groups is 3. The quantitative estimate of drug-likeness (QED) is 0.379. The van der Waals surface area contributed by atoms with E-state index in [2.05, 4.69) is 10.3 Å². The van der Waals surface area contributed by atoms with E-state index in [-0.39, 0.29) is 52.7 Å². The van der Waals surface area contributed by atoms with Crippen LogP contribution in [0.1, 0.15) is 73.5 Å². The van der Waals surface area contributed by atoms with Crippen LogP contribution in [0.25, 0.3) is 11.0 Å². The molecule has 1 saturated heterocycles. The van der Waals surface area contributed by atoms with E-state index in [0.29, 0.717) is 31.4 Å². The molecule has 1 aromatic carbocycles. The molecule has 1 atom stereocenters. The van der Waals surface area contributed by atoms with Gasteiger partial charge in [-0.2, -0.15) is 0 Å². The number of carboxylic acid groups (broad SMARTS) is 1. The predicted molar refractivity (Wildman–Crippen MR) is 145 cm³/mol. The Hall–Kier alpha value is -4.35. The highest BCUT2D eigenvalue weighted by Gasteiger charge is 2.36. The van der Waals surface area contributed by atoms with E-state index in [1.807, 2.05) is 0 Å². The van der Waals surface area contributed by atoms with Gasteiger partial charge in [0.1, 0.15) is 34.7 Å². The first-order valence-electron chi connectivity index (χ1n) is 13.6. The largest absolute Gasteiger partial charge is 0.477 e. The number of benzene rings is 1. The molecule has 0 radical (unpaired) electrons. The molecule has 0 bridgehead atoms. The zero-order valence-corrected chi connectivity index (χ0v) is 22.2. The number of nitrogens with zero attached hydrogens (tertiary/aromatic N) is 3. The number of amides is 1. The van der Waals surface area contributed by atoms with Crippen LogP contribution in [0.15, 0.2) is 35.3 Å². The van der Waals surface area contributed by atoms with Crippen molar-refractivity contribution in [3.63, 3.8) is 0 Å². The number of anilines is 2. The summed E-state index contributed by atoms with van der Waals surface area (Å²) in [6.45, 7) is 1.71. The minimum Gasteiger partial charge on any atom is -0.477 e. The molecule has 2 N–H and O–H groups in total. The van der Waals surface area contributed by atoms with E-state index in [1.165, 1.54) is 30.2 Å². The molecule has 3 fully saturated rings. The molecule has 10 nitrogen and oxygen atoms in total. The summed E-state index contributed by atoms with van der Waals surface area (Å²) in [6, 6.07) is 5.36. The molecule has 2 aromatic heterocycles. The maximum absolute atomic E-state index is 15.1. The Morgan fingerprint density at radius 1 is 1.15 bits per heavy atom. The number of cyclic esters (lactones) is 1. The lowest BCUT2D eigenvalue weighted by atomic mass is 9.77. The third-order valence-electron chi connectivity index (χ3n) is 8.00. The summed E-state index contributed by atoms with van der Waals surface area (Å²) in [7, 11) is 0. The van der Waals surface area contributed by atoms with Crippen molar-refractivity contribution < 1.29 is 33.0 Å². The van der Waals surface area contributed by atoms with Crippen LogP contribution in [0.5, 0.6) is 0 Å². The lowest BCUT2D eigenvalue weighted by Gasteiger charge is -2.36.